The van der Waals surface area contributed by atoms with Gasteiger partial charge >= 0.3 is 0 Å². The Labute approximate surface area is 125 Å². The van der Waals surface area contributed by atoms with Gasteiger partial charge in [-0.1, -0.05) is 23.7 Å². The quantitative estimate of drug-likeness (QED) is 0.924. The third kappa shape index (κ3) is 2.54. The number of nitrogens with two attached hydrogens (primary N) is 1. The molecule has 1 heterocycles. The topological polar surface area (TPSA) is 44.5 Å². The average molecular weight is 312 g/mol. The maximum atomic E-state index is 13.9. The molecule has 1 atom stereocenters. The van der Waals surface area contributed by atoms with Gasteiger partial charge in [-0.25, -0.2) is 8.78 Å². The van der Waals surface area contributed by atoms with E-state index in [4.69, 9.17) is 26.8 Å². The monoisotopic (exact) mass is 311 g/mol. The molecule has 0 spiro atoms. The number of hydrogen-bond acceptors (Lipinski definition) is 3. The zero-order valence-corrected chi connectivity index (χ0v) is 11.7. The highest BCUT2D eigenvalue weighted by Crippen LogP contribution is 2.39. The Bertz CT molecular complexity index is 694. The van der Waals surface area contributed by atoms with E-state index in [0.717, 1.165) is 6.07 Å². The van der Waals surface area contributed by atoms with Crippen molar-refractivity contribution in [3.05, 3.63) is 58.1 Å². The first-order valence-electron chi connectivity index (χ1n) is 6.36. The van der Waals surface area contributed by atoms with Crippen LogP contribution in [0.5, 0.6) is 11.5 Å². The van der Waals surface area contributed by atoms with Gasteiger partial charge in [-0.05, 0) is 17.7 Å². The smallest absolute Gasteiger partial charge is 0.163 e. The van der Waals surface area contributed by atoms with Crippen LogP contribution in [0, 0.1) is 11.6 Å². The van der Waals surface area contributed by atoms with Crippen LogP contribution in [-0.2, 0) is 0 Å². The van der Waals surface area contributed by atoms with Gasteiger partial charge in [-0.15, -0.1) is 0 Å². The van der Waals surface area contributed by atoms with Gasteiger partial charge in [0.15, 0.2) is 23.1 Å². The molecular weight excluding hydrogens is 300 g/mol. The molecule has 21 heavy (non-hydrogen) atoms. The largest absolute Gasteiger partial charge is 0.486 e. The molecule has 0 radical (unpaired) electrons. The number of rotatable bonds is 2. The highest BCUT2D eigenvalue weighted by Gasteiger charge is 2.22. The number of ether oxygens (including phenoxy) is 2. The van der Waals surface area contributed by atoms with Crippen LogP contribution in [0.3, 0.4) is 0 Å². The van der Waals surface area contributed by atoms with Crippen molar-refractivity contribution in [1.82, 2.24) is 0 Å². The van der Waals surface area contributed by atoms with Crippen LogP contribution < -0.4 is 15.2 Å². The lowest BCUT2D eigenvalue weighted by atomic mass is 9.98. The Morgan fingerprint density at radius 3 is 2.43 bits per heavy atom. The van der Waals surface area contributed by atoms with Crippen molar-refractivity contribution in [2.45, 2.75) is 6.04 Å². The van der Waals surface area contributed by atoms with Crippen LogP contribution in [0.15, 0.2) is 30.3 Å². The fourth-order valence-electron chi connectivity index (χ4n) is 2.25. The summed E-state index contributed by atoms with van der Waals surface area (Å²) in [6, 6.07) is 6.14. The number of benzene rings is 2. The molecule has 2 N–H and O–H groups in total. The van der Waals surface area contributed by atoms with Crippen molar-refractivity contribution in [3.63, 3.8) is 0 Å². The number of hydrogen-bond donors (Lipinski definition) is 1. The van der Waals surface area contributed by atoms with E-state index in [-0.39, 0.29) is 5.56 Å². The van der Waals surface area contributed by atoms with Gasteiger partial charge in [0.1, 0.15) is 13.2 Å². The zero-order valence-electron chi connectivity index (χ0n) is 10.9. The summed E-state index contributed by atoms with van der Waals surface area (Å²) in [6.07, 6.45) is 0. The molecule has 3 nitrogen and oxygen atoms in total. The van der Waals surface area contributed by atoms with E-state index in [0.29, 0.717) is 35.3 Å². The van der Waals surface area contributed by atoms with Crippen molar-refractivity contribution < 1.29 is 18.3 Å². The second kappa shape index (κ2) is 5.50. The first kappa shape index (κ1) is 14.1. The van der Waals surface area contributed by atoms with Gasteiger partial charge in [0.25, 0.3) is 0 Å². The molecule has 0 fully saturated rings. The molecule has 0 amide bonds. The Balaban J connectivity index is 2.05. The molecule has 0 aromatic heterocycles. The molecule has 0 saturated carbocycles. The van der Waals surface area contributed by atoms with E-state index in [1.807, 2.05) is 0 Å². The van der Waals surface area contributed by atoms with E-state index in [1.165, 1.54) is 12.1 Å². The molecular formula is C15H12ClF2NO2. The highest BCUT2D eigenvalue weighted by atomic mass is 35.5. The summed E-state index contributed by atoms with van der Waals surface area (Å²) in [5.41, 5.74) is 6.52. The van der Waals surface area contributed by atoms with Gasteiger partial charge < -0.3 is 15.2 Å². The molecule has 1 unspecified atom stereocenters. The summed E-state index contributed by atoms with van der Waals surface area (Å²) in [6.45, 7) is 0.852. The molecule has 110 valence electrons. The number of fused-ring (bicyclic) bond motifs is 1. The average Bonchev–Trinajstić information content (AvgIpc) is 2.48. The summed E-state index contributed by atoms with van der Waals surface area (Å²) in [7, 11) is 0. The standard InChI is InChI=1S/C15H12ClF2NO2/c16-10-7-13-12(20-4-5-21-13)6-9(10)15(19)8-2-1-3-11(17)14(8)18/h1-3,6-7,15H,4-5,19H2. The summed E-state index contributed by atoms with van der Waals surface area (Å²) in [5.74, 6) is -0.914. The van der Waals surface area contributed by atoms with E-state index < -0.39 is 17.7 Å². The van der Waals surface area contributed by atoms with Crippen LogP contribution in [0.1, 0.15) is 17.2 Å². The maximum absolute atomic E-state index is 13.9. The third-order valence-electron chi connectivity index (χ3n) is 3.31. The van der Waals surface area contributed by atoms with Crippen LogP contribution in [0.2, 0.25) is 5.02 Å². The zero-order chi connectivity index (χ0) is 15.0. The molecule has 3 rings (SSSR count). The van der Waals surface area contributed by atoms with Gasteiger partial charge in [0.05, 0.1) is 6.04 Å². The summed E-state index contributed by atoms with van der Waals surface area (Å²) in [5, 5.41) is 0.315. The van der Waals surface area contributed by atoms with E-state index in [2.05, 4.69) is 0 Å². The van der Waals surface area contributed by atoms with Crippen LogP contribution >= 0.6 is 11.6 Å². The normalized spacial score (nSPS) is 14.9. The van der Waals surface area contributed by atoms with Crippen molar-refractivity contribution >= 4 is 11.6 Å². The fourth-order valence-corrected chi connectivity index (χ4v) is 2.52. The van der Waals surface area contributed by atoms with Crippen molar-refractivity contribution in [2.24, 2.45) is 5.73 Å². The molecule has 0 saturated heterocycles. The molecule has 0 bridgehead atoms. The Morgan fingerprint density at radius 2 is 1.71 bits per heavy atom. The minimum Gasteiger partial charge on any atom is -0.486 e. The molecule has 1 aliphatic heterocycles. The van der Waals surface area contributed by atoms with Gasteiger partial charge in [0.2, 0.25) is 0 Å². The minimum atomic E-state index is -0.976. The van der Waals surface area contributed by atoms with Crippen molar-refractivity contribution in [3.8, 4) is 11.5 Å². The van der Waals surface area contributed by atoms with E-state index in [1.54, 1.807) is 12.1 Å². The lowest BCUT2D eigenvalue weighted by Gasteiger charge is -2.22. The predicted octanol–water partition coefficient (Wildman–Crippen LogP) is 3.44. The van der Waals surface area contributed by atoms with Gasteiger partial charge in [-0.2, -0.15) is 0 Å². The van der Waals surface area contributed by atoms with E-state index >= 15 is 0 Å². The van der Waals surface area contributed by atoms with Crippen LogP contribution in [-0.4, -0.2) is 13.2 Å². The predicted molar refractivity (Wildman–Crippen MR) is 74.8 cm³/mol. The SMILES string of the molecule is NC(c1cc2c(cc1Cl)OCCO2)c1cccc(F)c1F. The molecule has 2 aromatic rings. The Morgan fingerprint density at radius 1 is 1.05 bits per heavy atom. The maximum Gasteiger partial charge on any atom is 0.163 e. The molecule has 0 aliphatic carbocycles. The Hall–Kier alpha value is -1.85. The fraction of sp³-hybridized carbons (Fsp3) is 0.200. The lowest BCUT2D eigenvalue weighted by Crippen LogP contribution is -2.18. The number of halogens is 3. The lowest BCUT2D eigenvalue weighted by molar-refractivity contribution is 0.171. The Kier molecular flexibility index (Phi) is 3.69. The summed E-state index contributed by atoms with van der Waals surface area (Å²) < 4.78 is 38.0. The summed E-state index contributed by atoms with van der Waals surface area (Å²) >= 11 is 6.17. The molecule has 1 aliphatic rings. The van der Waals surface area contributed by atoms with Crippen LogP contribution in [0.25, 0.3) is 0 Å². The molecule has 6 heteroatoms. The second-order valence-corrected chi connectivity index (χ2v) is 5.05. The van der Waals surface area contributed by atoms with Crippen molar-refractivity contribution in [1.29, 1.82) is 0 Å². The minimum absolute atomic E-state index is 0.0357. The highest BCUT2D eigenvalue weighted by molar-refractivity contribution is 6.31. The third-order valence-corrected chi connectivity index (χ3v) is 3.64. The summed E-state index contributed by atoms with van der Waals surface area (Å²) in [4.78, 5) is 0. The second-order valence-electron chi connectivity index (χ2n) is 4.64. The molecule has 2 aromatic carbocycles. The van der Waals surface area contributed by atoms with Crippen LogP contribution in [0.4, 0.5) is 8.78 Å². The van der Waals surface area contributed by atoms with E-state index in [9.17, 15) is 8.78 Å². The van der Waals surface area contributed by atoms with Gasteiger partial charge in [-0.3, -0.25) is 0 Å². The first-order valence-corrected chi connectivity index (χ1v) is 6.74. The van der Waals surface area contributed by atoms with Gasteiger partial charge in [0, 0.05) is 16.7 Å². The first-order chi connectivity index (χ1) is 10.1. The van der Waals surface area contributed by atoms with Crippen molar-refractivity contribution in [2.75, 3.05) is 13.2 Å².